The summed E-state index contributed by atoms with van der Waals surface area (Å²) in [5.41, 5.74) is 0.310. The molecule has 3 fully saturated rings. The highest BCUT2D eigenvalue weighted by atomic mass is 15.3. The fraction of sp³-hybridized carbons (Fsp3) is 0.957. The summed E-state index contributed by atoms with van der Waals surface area (Å²) in [7, 11) is 2.22. The molecule has 6 nitrogen and oxygen atoms in total. The maximum absolute atomic E-state index is 5.14. The van der Waals surface area contributed by atoms with Gasteiger partial charge in [0.1, 0.15) is 0 Å². The van der Waals surface area contributed by atoms with E-state index in [4.69, 9.17) is 4.99 Å². The fourth-order valence-corrected chi connectivity index (χ4v) is 5.36. The van der Waals surface area contributed by atoms with E-state index in [1.165, 1.54) is 90.6 Å². The molecule has 1 saturated carbocycles. The highest BCUT2D eigenvalue weighted by Crippen LogP contribution is 2.35. The summed E-state index contributed by atoms with van der Waals surface area (Å²) in [6, 6.07) is 0.540. The summed E-state index contributed by atoms with van der Waals surface area (Å²) in [5, 5.41) is 7.16. The van der Waals surface area contributed by atoms with E-state index in [1.54, 1.807) is 0 Å². The number of nitrogens with one attached hydrogen (secondary N) is 2. The highest BCUT2D eigenvalue weighted by molar-refractivity contribution is 5.79. The lowest BCUT2D eigenvalue weighted by Gasteiger charge is -2.47. The van der Waals surface area contributed by atoms with Gasteiger partial charge in [0, 0.05) is 50.8 Å². The Morgan fingerprint density at radius 3 is 2.21 bits per heavy atom. The number of hydrogen-bond donors (Lipinski definition) is 2. The van der Waals surface area contributed by atoms with E-state index in [0.717, 1.165) is 25.6 Å². The van der Waals surface area contributed by atoms with Crippen LogP contribution in [0, 0.1) is 0 Å². The van der Waals surface area contributed by atoms with Gasteiger partial charge in [0.05, 0.1) is 6.54 Å². The van der Waals surface area contributed by atoms with Crippen molar-refractivity contribution < 1.29 is 0 Å². The molecule has 2 heterocycles. The first-order chi connectivity index (χ1) is 14.1. The summed E-state index contributed by atoms with van der Waals surface area (Å²) in [6.45, 7) is 14.6. The summed E-state index contributed by atoms with van der Waals surface area (Å²) in [5.74, 6) is 1.01. The number of likely N-dealkylation sites (tertiary alicyclic amines) is 1. The SMILES string of the molecule is CCNC(=NCC1(N2CCCCC2)CCCCC1)NCC(C)N1CCN(C)CC1. The molecule has 29 heavy (non-hydrogen) atoms. The molecule has 1 atom stereocenters. The number of aliphatic imine (C=N–C) groups is 1. The van der Waals surface area contributed by atoms with Crippen molar-refractivity contribution in [3.8, 4) is 0 Å². The van der Waals surface area contributed by atoms with Crippen molar-refractivity contribution in [2.45, 2.75) is 76.8 Å². The van der Waals surface area contributed by atoms with Crippen LogP contribution < -0.4 is 10.6 Å². The van der Waals surface area contributed by atoms with Crippen LogP contribution in [-0.2, 0) is 0 Å². The van der Waals surface area contributed by atoms with Gasteiger partial charge < -0.3 is 15.5 Å². The normalized spacial score (nSPS) is 26.2. The van der Waals surface area contributed by atoms with E-state index < -0.39 is 0 Å². The minimum atomic E-state index is 0.310. The Labute approximate surface area is 179 Å². The van der Waals surface area contributed by atoms with Crippen LogP contribution in [0.3, 0.4) is 0 Å². The number of piperazine rings is 1. The lowest BCUT2D eigenvalue weighted by molar-refractivity contribution is 0.0407. The smallest absolute Gasteiger partial charge is 0.191 e. The van der Waals surface area contributed by atoms with Crippen LogP contribution in [0.15, 0.2) is 4.99 Å². The zero-order valence-electron chi connectivity index (χ0n) is 19.4. The molecule has 2 aliphatic heterocycles. The second kappa shape index (κ2) is 11.5. The maximum atomic E-state index is 5.14. The Hall–Kier alpha value is -0.850. The first-order valence-corrected chi connectivity index (χ1v) is 12.3. The van der Waals surface area contributed by atoms with Crippen molar-refractivity contribution in [3.05, 3.63) is 0 Å². The Morgan fingerprint density at radius 1 is 0.897 bits per heavy atom. The minimum Gasteiger partial charge on any atom is -0.357 e. The van der Waals surface area contributed by atoms with Crippen LogP contribution in [0.25, 0.3) is 0 Å². The number of rotatable bonds is 7. The molecule has 1 aliphatic carbocycles. The van der Waals surface area contributed by atoms with Crippen LogP contribution in [-0.4, -0.2) is 98.2 Å². The lowest BCUT2D eigenvalue weighted by atomic mass is 9.79. The first-order valence-electron chi connectivity index (χ1n) is 12.3. The third-order valence-corrected chi connectivity index (χ3v) is 7.41. The van der Waals surface area contributed by atoms with Crippen LogP contribution >= 0.6 is 0 Å². The molecule has 0 bridgehead atoms. The second-order valence-electron chi connectivity index (χ2n) is 9.60. The minimum absolute atomic E-state index is 0.310. The van der Waals surface area contributed by atoms with Gasteiger partial charge in [-0.1, -0.05) is 25.7 Å². The molecule has 0 amide bonds. The van der Waals surface area contributed by atoms with Crippen molar-refractivity contribution in [2.24, 2.45) is 4.99 Å². The highest BCUT2D eigenvalue weighted by Gasteiger charge is 2.38. The zero-order chi connectivity index (χ0) is 20.5. The van der Waals surface area contributed by atoms with Gasteiger partial charge >= 0.3 is 0 Å². The number of guanidine groups is 1. The van der Waals surface area contributed by atoms with Gasteiger partial charge in [-0.05, 0) is 59.7 Å². The van der Waals surface area contributed by atoms with Crippen molar-refractivity contribution in [2.75, 3.05) is 66.0 Å². The van der Waals surface area contributed by atoms with Crippen LogP contribution in [0.2, 0.25) is 0 Å². The Kier molecular flexibility index (Phi) is 9.07. The van der Waals surface area contributed by atoms with Crippen molar-refractivity contribution in [1.82, 2.24) is 25.3 Å². The van der Waals surface area contributed by atoms with E-state index in [0.29, 0.717) is 11.6 Å². The molecule has 168 valence electrons. The average Bonchev–Trinajstić information content (AvgIpc) is 2.77. The Bertz CT molecular complexity index is 488. The molecule has 1 unspecified atom stereocenters. The van der Waals surface area contributed by atoms with Gasteiger partial charge in [-0.15, -0.1) is 0 Å². The molecule has 0 aromatic rings. The number of piperidine rings is 1. The van der Waals surface area contributed by atoms with Crippen LogP contribution in [0.4, 0.5) is 0 Å². The van der Waals surface area contributed by atoms with Crippen LogP contribution in [0.5, 0.6) is 0 Å². The average molecular weight is 407 g/mol. The Morgan fingerprint density at radius 2 is 1.55 bits per heavy atom. The first kappa shape index (κ1) is 22.8. The molecule has 6 heteroatoms. The number of nitrogens with zero attached hydrogens (tertiary/aromatic N) is 4. The molecular formula is C23H46N6. The second-order valence-corrected chi connectivity index (χ2v) is 9.60. The quantitative estimate of drug-likeness (QED) is 0.502. The van der Waals surface area contributed by atoms with Gasteiger partial charge in [0.25, 0.3) is 0 Å². The van der Waals surface area contributed by atoms with Crippen molar-refractivity contribution in [3.63, 3.8) is 0 Å². The number of likely N-dealkylation sites (N-methyl/N-ethyl adjacent to an activating group) is 1. The van der Waals surface area contributed by atoms with E-state index in [-0.39, 0.29) is 0 Å². The monoisotopic (exact) mass is 406 g/mol. The van der Waals surface area contributed by atoms with E-state index in [2.05, 4.69) is 46.2 Å². The van der Waals surface area contributed by atoms with E-state index in [1.807, 2.05) is 0 Å². The molecule has 2 N–H and O–H groups in total. The maximum Gasteiger partial charge on any atom is 0.191 e. The zero-order valence-corrected chi connectivity index (χ0v) is 19.4. The predicted molar refractivity (Wildman–Crippen MR) is 124 cm³/mol. The largest absolute Gasteiger partial charge is 0.357 e. The predicted octanol–water partition coefficient (Wildman–Crippen LogP) is 2.37. The van der Waals surface area contributed by atoms with Gasteiger partial charge in [-0.3, -0.25) is 14.8 Å². The molecule has 0 radical (unpaired) electrons. The summed E-state index contributed by atoms with van der Waals surface area (Å²) < 4.78 is 0. The molecule has 0 aromatic carbocycles. The van der Waals surface area contributed by atoms with Gasteiger partial charge in [0.2, 0.25) is 0 Å². The molecule has 0 aromatic heterocycles. The van der Waals surface area contributed by atoms with Gasteiger partial charge in [-0.2, -0.15) is 0 Å². The summed E-state index contributed by atoms with van der Waals surface area (Å²) >= 11 is 0. The molecule has 2 saturated heterocycles. The lowest BCUT2D eigenvalue weighted by Crippen LogP contribution is -2.55. The third kappa shape index (κ3) is 6.56. The topological polar surface area (TPSA) is 46.1 Å². The van der Waals surface area contributed by atoms with Gasteiger partial charge in [-0.25, -0.2) is 0 Å². The standard InChI is InChI=1S/C23H46N6/c1-4-24-22(25-19-21(2)28-17-15-27(3)16-18-28)26-20-23(11-7-5-8-12-23)29-13-9-6-10-14-29/h21H,4-20H2,1-3H3,(H2,24,25,26). The summed E-state index contributed by atoms with van der Waals surface area (Å²) in [4.78, 5) is 13.0. The molecular weight excluding hydrogens is 360 g/mol. The fourth-order valence-electron chi connectivity index (χ4n) is 5.36. The summed E-state index contributed by atoms with van der Waals surface area (Å²) in [6.07, 6.45) is 10.9. The van der Waals surface area contributed by atoms with Crippen LogP contribution in [0.1, 0.15) is 65.2 Å². The number of hydrogen-bond acceptors (Lipinski definition) is 4. The molecule has 3 aliphatic rings. The molecule has 3 rings (SSSR count). The van der Waals surface area contributed by atoms with Gasteiger partial charge in [0.15, 0.2) is 5.96 Å². The van der Waals surface area contributed by atoms with E-state index in [9.17, 15) is 0 Å². The third-order valence-electron chi connectivity index (χ3n) is 7.41. The Balaban J connectivity index is 1.57. The molecule has 0 spiro atoms. The van der Waals surface area contributed by atoms with E-state index >= 15 is 0 Å². The van der Waals surface area contributed by atoms with Crippen molar-refractivity contribution in [1.29, 1.82) is 0 Å². The van der Waals surface area contributed by atoms with Crippen molar-refractivity contribution >= 4 is 5.96 Å².